The third kappa shape index (κ3) is 6.43. The van der Waals surface area contributed by atoms with Gasteiger partial charge in [-0.05, 0) is 81.9 Å². The smallest absolute Gasteiger partial charge is 0.248 e. The van der Waals surface area contributed by atoms with Crippen LogP contribution in [-0.4, -0.2) is 26.0 Å². The molecule has 0 unspecified atom stereocenters. The van der Waals surface area contributed by atoms with Crippen LogP contribution in [0.3, 0.4) is 0 Å². The highest BCUT2D eigenvalue weighted by Gasteiger charge is 2.45. The number of carbonyl (C=O) groups excluding carboxylic acids is 2. The van der Waals surface area contributed by atoms with E-state index < -0.39 is 5.41 Å². The van der Waals surface area contributed by atoms with E-state index >= 15 is 0 Å². The number of hydrogen-bond acceptors (Lipinski definition) is 4. The van der Waals surface area contributed by atoms with Gasteiger partial charge in [-0.15, -0.1) is 0 Å². The van der Waals surface area contributed by atoms with Gasteiger partial charge >= 0.3 is 0 Å². The van der Waals surface area contributed by atoms with E-state index in [2.05, 4.69) is 83.4 Å². The minimum Gasteiger partial charge on any atom is -0.496 e. The van der Waals surface area contributed by atoms with Crippen LogP contribution < -0.4 is 20.1 Å². The van der Waals surface area contributed by atoms with Gasteiger partial charge in [0.15, 0.2) is 0 Å². The van der Waals surface area contributed by atoms with E-state index in [1.165, 1.54) is 34.4 Å². The average molecular weight is 669 g/mol. The van der Waals surface area contributed by atoms with Crippen molar-refractivity contribution >= 4 is 35.3 Å². The quantitative estimate of drug-likeness (QED) is 0.143. The number of hydrogen-bond donors (Lipinski definition) is 2. The summed E-state index contributed by atoms with van der Waals surface area (Å²) in [4.78, 5) is 25.8. The molecule has 0 bridgehead atoms. The molecule has 0 aliphatic heterocycles. The average Bonchev–Trinajstić information content (AvgIpc) is 3.48. The zero-order valence-electron chi connectivity index (χ0n) is 28.3. The van der Waals surface area contributed by atoms with Crippen LogP contribution in [0.1, 0.15) is 33.4 Å². The lowest BCUT2D eigenvalue weighted by molar-refractivity contribution is -0.112. The van der Waals surface area contributed by atoms with Gasteiger partial charge in [-0.1, -0.05) is 109 Å². The Balaban J connectivity index is 1.20. The molecule has 0 spiro atoms. The maximum absolute atomic E-state index is 12.9. The van der Waals surface area contributed by atoms with E-state index in [0.717, 1.165) is 22.3 Å². The third-order valence-corrected chi connectivity index (χ3v) is 9.23. The highest BCUT2D eigenvalue weighted by Crippen LogP contribution is 2.56. The predicted molar refractivity (Wildman–Crippen MR) is 205 cm³/mol. The van der Waals surface area contributed by atoms with E-state index in [-0.39, 0.29) is 11.8 Å². The SMILES string of the molecule is COc1ccccc1C=CC(=O)Nc1ccc(C2(c3ccc(NC(=O)C=Cc4ccccc4OC)cc3)c3ccccc3-c3ccccc32)cc1. The molecule has 0 heterocycles. The lowest BCUT2D eigenvalue weighted by Crippen LogP contribution is -2.28. The molecule has 0 fully saturated rings. The Morgan fingerprint density at radius 3 is 1.27 bits per heavy atom. The molecular weight excluding hydrogens is 633 g/mol. The van der Waals surface area contributed by atoms with Crippen molar-refractivity contribution in [3.8, 4) is 22.6 Å². The molecule has 0 atom stereocenters. The standard InChI is InChI=1S/C45H36N2O4/c1-50-41-17-9-3-11-31(41)19-29-43(48)46-35-25-21-33(22-26-35)45(39-15-7-5-13-37(39)38-14-6-8-16-40(38)45)34-23-27-36(28-24-34)47-44(49)30-20-32-12-4-10-18-42(32)51-2/h3-30H,1-2H3,(H,46,48)(H,47,49). The number of para-hydroxylation sites is 2. The number of carbonyl (C=O) groups is 2. The van der Waals surface area contributed by atoms with Gasteiger partial charge < -0.3 is 20.1 Å². The Hall–Kier alpha value is -6.66. The summed E-state index contributed by atoms with van der Waals surface area (Å²) in [6, 6.07) is 48.2. The first-order valence-electron chi connectivity index (χ1n) is 16.7. The van der Waals surface area contributed by atoms with Crippen LogP contribution in [0.25, 0.3) is 23.3 Å². The molecule has 0 aromatic heterocycles. The minimum absolute atomic E-state index is 0.240. The lowest BCUT2D eigenvalue weighted by Gasteiger charge is -2.34. The van der Waals surface area contributed by atoms with Crippen LogP contribution >= 0.6 is 0 Å². The van der Waals surface area contributed by atoms with Gasteiger partial charge in [0.25, 0.3) is 0 Å². The summed E-state index contributed by atoms with van der Waals surface area (Å²) in [6.07, 6.45) is 6.50. The fraction of sp³-hybridized carbons (Fsp3) is 0.0667. The van der Waals surface area contributed by atoms with E-state index in [1.807, 2.05) is 72.8 Å². The van der Waals surface area contributed by atoms with E-state index in [9.17, 15) is 9.59 Å². The number of methoxy groups -OCH3 is 2. The summed E-state index contributed by atoms with van der Waals surface area (Å²) in [5.41, 5.74) is 9.16. The minimum atomic E-state index is -0.633. The maximum atomic E-state index is 12.9. The van der Waals surface area contributed by atoms with Crippen LogP contribution in [0.4, 0.5) is 11.4 Å². The molecule has 6 nitrogen and oxygen atoms in total. The van der Waals surface area contributed by atoms with Gasteiger partial charge in [0, 0.05) is 34.7 Å². The Morgan fingerprint density at radius 1 is 0.490 bits per heavy atom. The topological polar surface area (TPSA) is 76.7 Å². The van der Waals surface area contributed by atoms with Crippen molar-refractivity contribution in [3.05, 3.63) is 191 Å². The zero-order valence-corrected chi connectivity index (χ0v) is 28.3. The molecule has 0 saturated heterocycles. The van der Waals surface area contributed by atoms with Gasteiger partial charge in [-0.3, -0.25) is 9.59 Å². The molecule has 6 aromatic rings. The normalized spacial score (nSPS) is 12.7. The second kappa shape index (κ2) is 14.4. The van der Waals surface area contributed by atoms with Gasteiger partial charge in [-0.2, -0.15) is 0 Å². The Labute approximate surface area is 297 Å². The predicted octanol–water partition coefficient (Wildman–Crippen LogP) is 9.37. The van der Waals surface area contributed by atoms with Gasteiger partial charge in [0.2, 0.25) is 11.8 Å². The molecule has 1 aliphatic carbocycles. The monoisotopic (exact) mass is 668 g/mol. The second-order valence-corrected chi connectivity index (χ2v) is 12.1. The molecular formula is C45H36N2O4. The van der Waals surface area contributed by atoms with Crippen molar-refractivity contribution in [2.75, 3.05) is 24.9 Å². The van der Waals surface area contributed by atoms with Crippen LogP contribution in [0, 0.1) is 0 Å². The molecule has 0 radical (unpaired) electrons. The molecule has 6 heteroatoms. The molecule has 1 aliphatic rings. The van der Waals surface area contributed by atoms with Crippen molar-refractivity contribution in [3.63, 3.8) is 0 Å². The molecule has 51 heavy (non-hydrogen) atoms. The Kier molecular flexibility index (Phi) is 9.31. The molecule has 0 saturated carbocycles. The summed E-state index contributed by atoms with van der Waals surface area (Å²) in [5.74, 6) is 0.917. The summed E-state index contributed by atoms with van der Waals surface area (Å²) < 4.78 is 10.8. The van der Waals surface area contributed by atoms with Crippen molar-refractivity contribution < 1.29 is 19.1 Å². The summed E-state index contributed by atoms with van der Waals surface area (Å²) in [7, 11) is 3.22. The highest BCUT2D eigenvalue weighted by molar-refractivity contribution is 6.03. The third-order valence-electron chi connectivity index (χ3n) is 9.23. The fourth-order valence-electron chi connectivity index (χ4n) is 6.94. The molecule has 6 aromatic carbocycles. The molecule has 2 amide bonds. The van der Waals surface area contributed by atoms with Crippen molar-refractivity contribution in [1.29, 1.82) is 0 Å². The number of fused-ring (bicyclic) bond motifs is 3. The Bertz CT molecular complexity index is 2110. The summed E-state index contributed by atoms with van der Waals surface area (Å²) >= 11 is 0. The second-order valence-electron chi connectivity index (χ2n) is 12.1. The molecule has 7 rings (SSSR count). The van der Waals surface area contributed by atoms with Gasteiger partial charge in [0.05, 0.1) is 19.6 Å². The summed E-state index contributed by atoms with van der Waals surface area (Å²) in [6.45, 7) is 0. The number of nitrogens with one attached hydrogen (secondary N) is 2. The van der Waals surface area contributed by atoms with Crippen LogP contribution in [0.15, 0.2) is 158 Å². The van der Waals surface area contributed by atoms with Crippen molar-refractivity contribution in [2.45, 2.75) is 5.41 Å². The van der Waals surface area contributed by atoms with E-state index in [1.54, 1.807) is 26.4 Å². The van der Waals surface area contributed by atoms with Crippen molar-refractivity contribution in [1.82, 2.24) is 0 Å². The van der Waals surface area contributed by atoms with Gasteiger partial charge in [-0.25, -0.2) is 0 Å². The first-order valence-corrected chi connectivity index (χ1v) is 16.7. The van der Waals surface area contributed by atoms with E-state index in [4.69, 9.17) is 9.47 Å². The number of anilines is 2. The van der Waals surface area contributed by atoms with Crippen LogP contribution in [0.2, 0.25) is 0 Å². The number of benzene rings is 6. The van der Waals surface area contributed by atoms with Crippen LogP contribution in [0.5, 0.6) is 11.5 Å². The first-order chi connectivity index (χ1) is 25.0. The van der Waals surface area contributed by atoms with E-state index in [0.29, 0.717) is 22.9 Å². The number of ether oxygens (including phenoxy) is 2. The largest absolute Gasteiger partial charge is 0.496 e. The number of rotatable bonds is 10. The molecule has 250 valence electrons. The van der Waals surface area contributed by atoms with Crippen molar-refractivity contribution in [2.24, 2.45) is 0 Å². The van der Waals surface area contributed by atoms with Crippen LogP contribution in [-0.2, 0) is 15.0 Å². The lowest BCUT2D eigenvalue weighted by atomic mass is 9.67. The molecule has 2 N–H and O–H groups in total. The summed E-state index contributed by atoms with van der Waals surface area (Å²) in [5, 5.41) is 5.98. The maximum Gasteiger partial charge on any atom is 0.248 e. The fourth-order valence-corrected chi connectivity index (χ4v) is 6.94. The highest BCUT2D eigenvalue weighted by atomic mass is 16.5. The number of amides is 2. The first kappa shape index (κ1) is 32.9. The van der Waals surface area contributed by atoms with Gasteiger partial charge in [0.1, 0.15) is 11.5 Å². The zero-order chi connectivity index (χ0) is 35.2. The Morgan fingerprint density at radius 2 is 0.863 bits per heavy atom.